The van der Waals surface area contributed by atoms with E-state index in [-0.39, 0.29) is 0 Å². The van der Waals surface area contributed by atoms with Gasteiger partial charge >= 0.3 is 0 Å². The van der Waals surface area contributed by atoms with E-state index in [1.807, 2.05) is 24.6 Å². The number of nitrogens with zero attached hydrogens (tertiary/aromatic N) is 3. The zero-order valence-corrected chi connectivity index (χ0v) is 10.8. The number of halogens is 1. The molecule has 0 aliphatic rings. The van der Waals surface area contributed by atoms with Crippen LogP contribution >= 0.6 is 15.9 Å². The quantitative estimate of drug-likeness (QED) is 0.918. The lowest BCUT2D eigenvalue weighted by atomic mass is 10.3. The third-order valence-electron chi connectivity index (χ3n) is 2.45. The number of nitrogens with two attached hydrogens (primary N) is 1. The largest absolute Gasteiger partial charge is 0.399 e. The normalized spacial score (nSPS) is 10.7. The Labute approximate surface area is 103 Å². The summed E-state index contributed by atoms with van der Waals surface area (Å²) in [6.45, 7) is 4.64. The summed E-state index contributed by atoms with van der Waals surface area (Å²) in [7, 11) is 0. The second-order valence-corrected chi connectivity index (χ2v) is 4.52. The fourth-order valence-electron chi connectivity index (χ4n) is 1.57. The Morgan fingerprint density at radius 3 is 2.75 bits per heavy atom. The monoisotopic (exact) mass is 280 g/mol. The van der Waals surface area contributed by atoms with Crippen LogP contribution in [0.15, 0.2) is 22.8 Å². The van der Waals surface area contributed by atoms with Gasteiger partial charge in [-0.1, -0.05) is 0 Å². The highest BCUT2D eigenvalue weighted by atomic mass is 79.9. The summed E-state index contributed by atoms with van der Waals surface area (Å²) in [6, 6.07) is 3.64. The van der Waals surface area contributed by atoms with Crippen LogP contribution in [0.3, 0.4) is 0 Å². The lowest BCUT2D eigenvalue weighted by molar-refractivity contribution is 0.647. The Hall–Kier alpha value is -1.36. The molecule has 0 aliphatic carbocycles. The molecule has 2 N–H and O–H groups in total. The van der Waals surface area contributed by atoms with Gasteiger partial charge in [0.25, 0.3) is 0 Å². The van der Waals surface area contributed by atoms with Gasteiger partial charge in [0.1, 0.15) is 0 Å². The van der Waals surface area contributed by atoms with E-state index in [9.17, 15) is 0 Å². The molecular formula is C11H13BrN4. The summed E-state index contributed by atoms with van der Waals surface area (Å²) in [6.07, 6.45) is 1.71. The van der Waals surface area contributed by atoms with Crippen LogP contribution in [-0.4, -0.2) is 14.8 Å². The van der Waals surface area contributed by atoms with Crippen molar-refractivity contribution in [1.82, 2.24) is 14.8 Å². The van der Waals surface area contributed by atoms with Crippen molar-refractivity contribution in [3.63, 3.8) is 0 Å². The zero-order chi connectivity index (χ0) is 11.7. The summed E-state index contributed by atoms with van der Waals surface area (Å²) >= 11 is 3.50. The van der Waals surface area contributed by atoms with Crippen molar-refractivity contribution in [3.05, 3.63) is 39.9 Å². The van der Waals surface area contributed by atoms with Crippen LogP contribution in [0.25, 0.3) is 0 Å². The van der Waals surface area contributed by atoms with Crippen LogP contribution in [0, 0.1) is 13.8 Å². The first-order valence-corrected chi connectivity index (χ1v) is 5.77. The highest BCUT2D eigenvalue weighted by Crippen LogP contribution is 2.20. The first-order chi connectivity index (χ1) is 7.58. The molecule has 0 bridgehead atoms. The highest BCUT2D eigenvalue weighted by molar-refractivity contribution is 9.10. The smallest absolute Gasteiger partial charge is 0.0835 e. The predicted octanol–water partition coefficient (Wildman–Crippen LogP) is 2.29. The molecule has 0 saturated heterocycles. The average molecular weight is 281 g/mol. The molecule has 0 unspecified atom stereocenters. The molecule has 84 valence electrons. The number of nitrogen functional groups attached to an aromatic ring is 1. The maximum Gasteiger partial charge on any atom is 0.0835 e. The Bertz CT molecular complexity index is 519. The molecule has 2 rings (SSSR count). The van der Waals surface area contributed by atoms with Crippen LogP contribution < -0.4 is 5.73 Å². The lowest BCUT2D eigenvalue weighted by Crippen LogP contribution is -2.06. The predicted molar refractivity (Wildman–Crippen MR) is 67.2 cm³/mol. The molecule has 0 amide bonds. The van der Waals surface area contributed by atoms with Crippen LogP contribution in [-0.2, 0) is 6.54 Å². The van der Waals surface area contributed by atoms with Gasteiger partial charge in [-0.25, -0.2) is 0 Å². The van der Waals surface area contributed by atoms with Crippen molar-refractivity contribution in [3.8, 4) is 0 Å². The summed E-state index contributed by atoms with van der Waals surface area (Å²) in [5.74, 6) is 0. The minimum atomic E-state index is 0.642. The molecule has 2 heterocycles. The number of pyridine rings is 1. The minimum Gasteiger partial charge on any atom is -0.399 e. The van der Waals surface area contributed by atoms with Crippen LogP contribution in [0.1, 0.15) is 17.1 Å². The molecule has 0 aliphatic heterocycles. The number of rotatable bonds is 2. The van der Waals surface area contributed by atoms with Gasteiger partial charge in [0, 0.05) is 11.9 Å². The fraction of sp³-hybridized carbons (Fsp3) is 0.273. The molecule has 5 heteroatoms. The van der Waals surface area contributed by atoms with Crippen molar-refractivity contribution in [1.29, 1.82) is 0 Å². The molecule has 4 nitrogen and oxygen atoms in total. The third-order valence-corrected chi connectivity index (χ3v) is 3.59. The summed E-state index contributed by atoms with van der Waals surface area (Å²) in [5, 5.41) is 4.42. The summed E-state index contributed by atoms with van der Waals surface area (Å²) in [5.41, 5.74) is 9.44. The Kier molecular flexibility index (Phi) is 2.96. The van der Waals surface area contributed by atoms with E-state index in [0.29, 0.717) is 6.54 Å². The van der Waals surface area contributed by atoms with Gasteiger partial charge in [0.2, 0.25) is 0 Å². The fourth-order valence-corrected chi connectivity index (χ4v) is 1.85. The van der Waals surface area contributed by atoms with Crippen LogP contribution in [0.2, 0.25) is 0 Å². The van der Waals surface area contributed by atoms with Crippen LogP contribution in [0.4, 0.5) is 5.69 Å². The molecule has 2 aromatic heterocycles. The van der Waals surface area contributed by atoms with E-state index in [1.54, 1.807) is 12.3 Å². The first-order valence-electron chi connectivity index (χ1n) is 4.98. The van der Waals surface area contributed by atoms with E-state index < -0.39 is 0 Å². The maximum atomic E-state index is 5.71. The summed E-state index contributed by atoms with van der Waals surface area (Å²) < 4.78 is 2.97. The third kappa shape index (κ3) is 2.09. The van der Waals surface area contributed by atoms with E-state index in [2.05, 4.69) is 26.0 Å². The Balaban J connectivity index is 2.30. The Morgan fingerprint density at radius 1 is 1.44 bits per heavy atom. The number of anilines is 1. The highest BCUT2D eigenvalue weighted by Gasteiger charge is 2.09. The van der Waals surface area contributed by atoms with Gasteiger partial charge < -0.3 is 5.73 Å². The van der Waals surface area contributed by atoms with Crippen molar-refractivity contribution in [2.75, 3.05) is 5.73 Å². The van der Waals surface area contributed by atoms with Crippen molar-refractivity contribution in [2.24, 2.45) is 0 Å². The molecule has 2 aromatic rings. The van der Waals surface area contributed by atoms with Crippen molar-refractivity contribution >= 4 is 21.6 Å². The molecular weight excluding hydrogens is 268 g/mol. The van der Waals surface area contributed by atoms with Gasteiger partial charge in [0.15, 0.2) is 0 Å². The number of aromatic nitrogens is 3. The van der Waals surface area contributed by atoms with E-state index in [1.165, 1.54) is 0 Å². The van der Waals surface area contributed by atoms with Gasteiger partial charge in [-0.05, 0) is 41.9 Å². The molecule has 0 saturated carbocycles. The van der Waals surface area contributed by atoms with Crippen molar-refractivity contribution < 1.29 is 0 Å². The molecule has 0 spiro atoms. The van der Waals surface area contributed by atoms with Crippen LogP contribution in [0.5, 0.6) is 0 Å². The molecule has 0 fully saturated rings. The molecule has 16 heavy (non-hydrogen) atoms. The lowest BCUT2D eigenvalue weighted by Gasteiger charge is -2.04. The van der Waals surface area contributed by atoms with E-state index in [4.69, 9.17) is 5.73 Å². The Morgan fingerprint density at radius 2 is 2.19 bits per heavy atom. The van der Waals surface area contributed by atoms with Gasteiger partial charge in [-0.15, -0.1) is 0 Å². The molecule has 0 aromatic carbocycles. The minimum absolute atomic E-state index is 0.642. The number of hydrogen-bond acceptors (Lipinski definition) is 3. The standard InChI is InChI=1S/C11H13BrN4/c1-7-11(12)8(2)16(15-7)6-10-5-9(13)3-4-14-10/h3-5H,6H2,1-2H3,(H2,13,14). The SMILES string of the molecule is Cc1nn(Cc2cc(N)ccn2)c(C)c1Br. The van der Waals surface area contributed by atoms with E-state index >= 15 is 0 Å². The number of aryl methyl sites for hydroxylation is 1. The van der Waals surface area contributed by atoms with Gasteiger partial charge in [-0.3, -0.25) is 9.67 Å². The molecule has 0 radical (unpaired) electrons. The topological polar surface area (TPSA) is 56.7 Å². The molecule has 0 atom stereocenters. The zero-order valence-electron chi connectivity index (χ0n) is 9.24. The van der Waals surface area contributed by atoms with Gasteiger partial charge in [0.05, 0.1) is 28.1 Å². The second-order valence-electron chi connectivity index (χ2n) is 3.72. The van der Waals surface area contributed by atoms with E-state index in [0.717, 1.165) is 27.2 Å². The van der Waals surface area contributed by atoms with Gasteiger partial charge in [-0.2, -0.15) is 5.10 Å². The second kappa shape index (κ2) is 4.25. The number of hydrogen-bond donors (Lipinski definition) is 1. The first kappa shape index (κ1) is 11.1. The summed E-state index contributed by atoms with van der Waals surface area (Å²) in [4.78, 5) is 4.26. The maximum absolute atomic E-state index is 5.71. The average Bonchev–Trinajstić information content (AvgIpc) is 2.47. The van der Waals surface area contributed by atoms with Crippen molar-refractivity contribution in [2.45, 2.75) is 20.4 Å².